The van der Waals surface area contributed by atoms with Crippen LogP contribution < -0.4 is 10.6 Å². The Labute approximate surface area is 105 Å². The molecule has 0 aromatic heterocycles. The SMILES string of the molecule is CSCCC(C)N(C)c1c(N)ccc(F)c1F. The number of nitrogen functional groups attached to an aromatic ring is 1. The second kappa shape index (κ2) is 6.10. The molecule has 0 saturated carbocycles. The van der Waals surface area contributed by atoms with Gasteiger partial charge in [-0.05, 0) is 37.5 Å². The van der Waals surface area contributed by atoms with Gasteiger partial charge in [0, 0.05) is 13.1 Å². The molecule has 0 aliphatic heterocycles. The van der Waals surface area contributed by atoms with Crippen LogP contribution in [0.1, 0.15) is 13.3 Å². The van der Waals surface area contributed by atoms with Crippen LogP contribution in [0.4, 0.5) is 20.2 Å². The highest BCUT2D eigenvalue weighted by Crippen LogP contribution is 2.29. The van der Waals surface area contributed by atoms with Crippen molar-refractivity contribution in [3.8, 4) is 0 Å². The van der Waals surface area contributed by atoms with Crippen molar-refractivity contribution in [2.75, 3.05) is 29.7 Å². The first kappa shape index (κ1) is 14.1. The van der Waals surface area contributed by atoms with Crippen molar-refractivity contribution < 1.29 is 8.78 Å². The van der Waals surface area contributed by atoms with Crippen LogP contribution in [0.5, 0.6) is 0 Å². The van der Waals surface area contributed by atoms with Crippen molar-refractivity contribution in [1.82, 2.24) is 0 Å². The summed E-state index contributed by atoms with van der Waals surface area (Å²) in [5, 5.41) is 0. The van der Waals surface area contributed by atoms with Crippen molar-refractivity contribution in [2.24, 2.45) is 0 Å². The van der Waals surface area contributed by atoms with Gasteiger partial charge < -0.3 is 10.6 Å². The van der Waals surface area contributed by atoms with Crippen LogP contribution in [0.2, 0.25) is 0 Å². The summed E-state index contributed by atoms with van der Waals surface area (Å²) in [5.74, 6) is -0.760. The monoisotopic (exact) mass is 260 g/mol. The average Bonchev–Trinajstić information content (AvgIpc) is 2.31. The van der Waals surface area contributed by atoms with Crippen molar-refractivity contribution in [1.29, 1.82) is 0 Å². The first-order valence-corrected chi connectivity index (χ1v) is 6.83. The van der Waals surface area contributed by atoms with Gasteiger partial charge in [0.25, 0.3) is 0 Å². The molecule has 0 heterocycles. The number of nitrogens with zero attached hydrogens (tertiary/aromatic N) is 1. The molecular formula is C12H18F2N2S. The molecule has 1 unspecified atom stereocenters. The van der Waals surface area contributed by atoms with Crippen LogP contribution in [0.25, 0.3) is 0 Å². The smallest absolute Gasteiger partial charge is 0.184 e. The third-order valence-corrected chi connectivity index (χ3v) is 3.50. The molecule has 1 rings (SSSR count). The van der Waals surface area contributed by atoms with E-state index in [0.717, 1.165) is 18.2 Å². The normalized spacial score (nSPS) is 12.5. The number of hydrogen-bond acceptors (Lipinski definition) is 3. The Balaban J connectivity index is 2.95. The highest BCUT2D eigenvalue weighted by atomic mass is 32.2. The van der Waals surface area contributed by atoms with Gasteiger partial charge in [-0.3, -0.25) is 0 Å². The maximum absolute atomic E-state index is 13.7. The molecule has 0 aliphatic carbocycles. The van der Waals surface area contributed by atoms with Gasteiger partial charge in [-0.15, -0.1) is 0 Å². The Morgan fingerprint density at radius 2 is 2.06 bits per heavy atom. The van der Waals surface area contributed by atoms with Gasteiger partial charge in [0.05, 0.1) is 11.4 Å². The number of nitrogens with two attached hydrogens (primary N) is 1. The maximum atomic E-state index is 13.7. The minimum atomic E-state index is -0.872. The summed E-state index contributed by atoms with van der Waals surface area (Å²) < 4.78 is 26.9. The Hall–Kier alpha value is -0.970. The van der Waals surface area contributed by atoms with E-state index in [9.17, 15) is 8.78 Å². The van der Waals surface area contributed by atoms with Crippen LogP contribution in [0.15, 0.2) is 12.1 Å². The fraction of sp³-hybridized carbons (Fsp3) is 0.500. The molecule has 5 heteroatoms. The minimum Gasteiger partial charge on any atom is -0.397 e. The second-order valence-electron chi connectivity index (χ2n) is 4.04. The van der Waals surface area contributed by atoms with E-state index in [1.54, 1.807) is 23.7 Å². The predicted octanol–water partition coefficient (Wildman–Crippen LogP) is 3.12. The van der Waals surface area contributed by atoms with E-state index < -0.39 is 11.6 Å². The number of halogens is 2. The van der Waals surface area contributed by atoms with Crippen molar-refractivity contribution in [3.63, 3.8) is 0 Å². The molecule has 0 radical (unpaired) electrons. The van der Waals surface area contributed by atoms with Gasteiger partial charge >= 0.3 is 0 Å². The number of anilines is 2. The molecule has 0 aliphatic rings. The Bertz CT molecular complexity index is 385. The van der Waals surface area contributed by atoms with Crippen LogP contribution >= 0.6 is 11.8 Å². The van der Waals surface area contributed by atoms with Crippen LogP contribution in [-0.2, 0) is 0 Å². The Morgan fingerprint density at radius 1 is 1.41 bits per heavy atom. The van der Waals surface area contributed by atoms with E-state index in [1.807, 2.05) is 13.2 Å². The quantitative estimate of drug-likeness (QED) is 0.825. The van der Waals surface area contributed by atoms with Gasteiger partial charge in [-0.1, -0.05) is 0 Å². The standard InChI is InChI=1S/C12H18F2N2S/c1-8(6-7-17-3)16(2)12-10(15)5-4-9(13)11(12)14/h4-5,8H,6-7,15H2,1-3H3. The summed E-state index contributed by atoms with van der Waals surface area (Å²) >= 11 is 1.73. The lowest BCUT2D eigenvalue weighted by molar-refractivity contribution is 0.504. The first-order valence-electron chi connectivity index (χ1n) is 5.44. The molecule has 2 nitrogen and oxygen atoms in total. The maximum Gasteiger partial charge on any atom is 0.184 e. The molecule has 0 amide bonds. The molecule has 1 aromatic rings. The van der Waals surface area contributed by atoms with Gasteiger partial charge in [-0.2, -0.15) is 11.8 Å². The molecule has 1 aromatic carbocycles. The summed E-state index contributed by atoms with van der Waals surface area (Å²) in [6.45, 7) is 1.97. The predicted molar refractivity (Wildman–Crippen MR) is 71.6 cm³/mol. The Kier molecular flexibility index (Phi) is 5.05. The van der Waals surface area contributed by atoms with Crippen molar-refractivity contribution in [3.05, 3.63) is 23.8 Å². The summed E-state index contributed by atoms with van der Waals surface area (Å²) in [7, 11) is 1.74. The van der Waals surface area contributed by atoms with E-state index in [-0.39, 0.29) is 17.4 Å². The van der Waals surface area contributed by atoms with Gasteiger partial charge in [0.2, 0.25) is 0 Å². The van der Waals surface area contributed by atoms with E-state index in [0.29, 0.717) is 0 Å². The third-order valence-electron chi connectivity index (χ3n) is 2.85. The zero-order valence-electron chi connectivity index (χ0n) is 10.3. The molecule has 1 atom stereocenters. The fourth-order valence-corrected chi connectivity index (χ4v) is 2.19. The molecule has 96 valence electrons. The van der Waals surface area contributed by atoms with Gasteiger partial charge in [0.1, 0.15) is 0 Å². The molecule has 17 heavy (non-hydrogen) atoms. The average molecular weight is 260 g/mol. The topological polar surface area (TPSA) is 29.3 Å². The van der Waals surface area contributed by atoms with Crippen LogP contribution in [0, 0.1) is 11.6 Å². The summed E-state index contributed by atoms with van der Waals surface area (Å²) in [6, 6.07) is 2.56. The van der Waals surface area contributed by atoms with Crippen LogP contribution in [-0.4, -0.2) is 25.1 Å². The van der Waals surface area contributed by atoms with E-state index in [4.69, 9.17) is 5.73 Å². The molecule has 0 saturated heterocycles. The minimum absolute atomic E-state index is 0.112. The molecule has 0 bridgehead atoms. The first-order chi connectivity index (χ1) is 7.99. The molecule has 0 spiro atoms. The summed E-state index contributed by atoms with van der Waals surface area (Å²) in [4.78, 5) is 1.70. The number of thioether (sulfide) groups is 1. The number of hydrogen-bond donors (Lipinski definition) is 1. The van der Waals surface area contributed by atoms with Crippen molar-refractivity contribution >= 4 is 23.1 Å². The lowest BCUT2D eigenvalue weighted by Crippen LogP contribution is -2.31. The van der Waals surface area contributed by atoms with E-state index in [2.05, 4.69) is 0 Å². The highest BCUT2D eigenvalue weighted by molar-refractivity contribution is 7.98. The fourth-order valence-electron chi connectivity index (χ4n) is 1.62. The second-order valence-corrected chi connectivity index (χ2v) is 5.03. The molecule has 2 N–H and O–H groups in total. The molecular weight excluding hydrogens is 242 g/mol. The van der Waals surface area contributed by atoms with Gasteiger partial charge in [0.15, 0.2) is 11.6 Å². The zero-order valence-corrected chi connectivity index (χ0v) is 11.2. The van der Waals surface area contributed by atoms with E-state index in [1.165, 1.54) is 6.07 Å². The molecule has 0 fully saturated rings. The highest BCUT2D eigenvalue weighted by Gasteiger charge is 2.19. The van der Waals surface area contributed by atoms with Crippen LogP contribution in [0.3, 0.4) is 0 Å². The lowest BCUT2D eigenvalue weighted by atomic mass is 10.1. The largest absolute Gasteiger partial charge is 0.397 e. The third kappa shape index (κ3) is 3.25. The zero-order chi connectivity index (χ0) is 13.0. The lowest BCUT2D eigenvalue weighted by Gasteiger charge is -2.28. The van der Waals surface area contributed by atoms with Gasteiger partial charge in [-0.25, -0.2) is 8.78 Å². The van der Waals surface area contributed by atoms with Crippen molar-refractivity contribution in [2.45, 2.75) is 19.4 Å². The number of benzene rings is 1. The van der Waals surface area contributed by atoms with E-state index >= 15 is 0 Å². The summed E-state index contributed by atoms with van der Waals surface area (Å²) in [6.07, 6.45) is 2.91. The summed E-state index contributed by atoms with van der Waals surface area (Å²) in [5.41, 5.74) is 6.12. The number of rotatable bonds is 5. The Morgan fingerprint density at radius 3 is 2.65 bits per heavy atom.